The summed E-state index contributed by atoms with van der Waals surface area (Å²) in [6.45, 7) is 3.40. The van der Waals surface area contributed by atoms with Crippen LogP contribution in [-0.2, 0) is 9.53 Å². The van der Waals surface area contributed by atoms with Crippen molar-refractivity contribution in [3.05, 3.63) is 36.4 Å². The van der Waals surface area contributed by atoms with E-state index < -0.39 is 5.60 Å². The van der Waals surface area contributed by atoms with Gasteiger partial charge in [0.1, 0.15) is 11.4 Å². The van der Waals surface area contributed by atoms with Gasteiger partial charge in [0, 0.05) is 23.6 Å². The second-order valence-electron chi connectivity index (χ2n) is 4.85. The van der Waals surface area contributed by atoms with Crippen LogP contribution in [0, 0.1) is 0 Å². The summed E-state index contributed by atoms with van der Waals surface area (Å²) in [6.07, 6.45) is 0. The highest BCUT2D eigenvalue weighted by Crippen LogP contribution is 2.30. The van der Waals surface area contributed by atoms with E-state index in [4.69, 9.17) is 4.74 Å². The van der Waals surface area contributed by atoms with Crippen molar-refractivity contribution < 1.29 is 14.6 Å². The number of amides is 1. The minimum absolute atomic E-state index is 0.194. The molecular formula is C15H17NO3. The van der Waals surface area contributed by atoms with Gasteiger partial charge in [0.15, 0.2) is 0 Å². The Balaban J connectivity index is 2.42. The Labute approximate surface area is 112 Å². The van der Waals surface area contributed by atoms with Gasteiger partial charge < -0.3 is 15.2 Å². The largest absolute Gasteiger partial charge is 0.507 e. The lowest BCUT2D eigenvalue weighted by molar-refractivity contribution is -0.133. The topological polar surface area (TPSA) is 58.6 Å². The molecule has 2 aromatic carbocycles. The predicted molar refractivity (Wildman–Crippen MR) is 75.3 cm³/mol. The zero-order valence-electron chi connectivity index (χ0n) is 11.2. The summed E-state index contributed by atoms with van der Waals surface area (Å²) in [6, 6.07) is 10.6. The number of methoxy groups -OCH3 is 1. The molecule has 0 spiro atoms. The molecule has 0 fully saturated rings. The number of hydrogen-bond acceptors (Lipinski definition) is 3. The van der Waals surface area contributed by atoms with E-state index in [0.29, 0.717) is 11.1 Å². The van der Waals surface area contributed by atoms with Crippen molar-refractivity contribution >= 4 is 22.4 Å². The molecule has 0 bridgehead atoms. The summed E-state index contributed by atoms with van der Waals surface area (Å²) in [5.74, 6) is -0.0366. The Morgan fingerprint density at radius 1 is 1.16 bits per heavy atom. The first-order valence-electron chi connectivity index (χ1n) is 6.03. The van der Waals surface area contributed by atoms with Crippen molar-refractivity contribution in [3.63, 3.8) is 0 Å². The summed E-state index contributed by atoms with van der Waals surface area (Å²) >= 11 is 0. The lowest BCUT2D eigenvalue weighted by Crippen LogP contribution is -2.38. The number of carbonyl (C=O) groups is 1. The van der Waals surface area contributed by atoms with E-state index in [9.17, 15) is 9.90 Å². The number of carbonyl (C=O) groups excluding carboxylic acids is 1. The number of phenolic OH excluding ortho intramolecular Hbond substituents is 1. The van der Waals surface area contributed by atoms with Gasteiger partial charge >= 0.3 is 0 Å². The molecule has 0 heterocycles. The van der Waals surface area contributed by atoms with Gasteiger partial charge in [-0.3, -0.25) is 4.79 Å². The van der Waals surface area contributed by atoms with E-state index in [0.717, 1.165) is 5.39 Å². The summed E-state index contributed by atoms with van der Waals surface area (Å²) in [4.78, 5) is 12.1. The van der Waals surface area contributed by atoms with Crippen LogP contribution in [0.15, 0.2) is 36.4 Å². The van der Waals surface area contributed by atoms with E-state index in [1.165, 1.54) is 7.11 Å². The fraction of sp³-hybridized carbons (Fsp3) is 0.267. The van der Waals surface area contributed by atoms with Gasteiger partial charge in [-0.15, -0.1) is 0 Å². The Kier molecular flexibility index (Phi) is 3.44. The minimum Gasteiger partial charge on any atom is -0.507 e. The first-order valence-corrected chi connectivity index (χ1v) is 6.03. The second kappa shape index (κ2) is 4.90. The van der Waals surface area contributed by atoms with E-state index in [1.54, 1.807) is 38.1 Å². The van der Waals surface area contributed by atoms with E-state index in [2.05, 4.69) is 5.32 Å². The van der Waals surface area contributed by atoms with Crippen LogP contribution in [0.3, 0.4) is 0 Å². The molecule has 0 saturated heterocycles. The molecular weight excluding hydrogens is 242 g/mol. The van der Waals surface area contributed by atoms with Gasteiger partial charge in [0.25, 0.3) is 5.91 Å². The van der Waals surface area contributed by atoms with Crippen LogP contribution in [0.4, 0.5) is 5.69 Å². The summed E-state index contributed by atoms with van der Waals surface area (Å²) in [5.41, 5.74) is -0.248. The maximum absolute atomic E-state index is 12.1. The molecule has 2 aromatic rings. The fourth-order valence-corrected chi connectivity index (χ4v) is 1.77. The molecule has 0 radical (unpaired) electrons. The average Bonchev–Trinajstić information content (AvgIpc) is 2.40. The first-order chi connectivity index (χ1) is 8.95. The molecule has 0 aromatic heterocycles. The first kappa shape index (κ1) is 13.4. The van der Waals surface area contributed by atoms with Crippen molar-refractivity contribution in [2.75, 3.05) is 12.4 Å². The number of aromatic hydroxyl groups is 1. The maximum atomic E-state index is 12.1. The Morgan fingerprint density at radius 2 is 1.79 bits per heavy atom. The standard InChI is InChI=1S/C15H17NO3/c1-15(2,19-3)14(18)16-12-8-4-7-11-10(12)6-5-9-13(11)17/h4-9,17H,1-3H3,(H,16,18). The molecule has 0 aliphatic heterocycles. The third-order valence-corrected chi connectivity index (χ3v) is 3.20. The minimum atomic E-state index is -0.904. The Morgan fingerprint density at radius 3 is 2.47 bits per heavy atom. The van der Waals surface area contributed by atoms with Gasteiger partial charge in [0.05, 0.1) is 0 Å². The quantitative estimate of drug-likeness (QED) is 0.891. The highest BCUT2D eigenvalue weighted by molar-refractivity contribution is 6.06. The Bertz CT molecular complexity index is 620. The number of ether oxygens (including phenoxy) is 1. The van der Waals surface area contributed by atoms with Crippen molar-refractivity contribution in [1.82, 2.24) is 0 Å². The lowest BCUT2D eigenvalue weighted by Gasteiger charge is -2.22. The van der Waals surface area contributed by atoms with Crippen molar-refractivity contribution in [2.24, 2.45) is 0 Å². The van der Waals surface area contributed by atoms with Gasteiger partial charge in [-0.1, -0.05) is 24.3 Å². The number of fused-ring (bicyclic) bond motifs is 1. The molecule has 2 N–H and O–H groups in total. The molecule has 4 heteroatoms. The molecule has 0 atom stereocenters. The molecule has 0 unspecified atom stereocenters. The molecule has 0 aliphatic carbocycles. The third kappa shape index (κ3) is 2.53. The van der Waals surface area contributed by atoms with Crippen LogP contribution in [0.2, 0.25) is 0 Å². The maximum Gasteiger partial charge on any atom is 0.256 e. The van der Waals surface area contributed by atoms with E-state index >= 15 is 0 Å². The van der Waals surface area contributed by atoms with Crippen molar-refractivity contribution in [3.8, 4) is 5.75 Å². The number of hydrogen-bond donors (Lipinski definition) is 2. The number of anilines is 1. The number of nitrogens with one attached hydrogen (secondary N) is 1. The SMILES string of the molecule is COC(C)(C)C(=O)Nc1cccc2c(O)cccc12. The monoisotopic (exact) mass is 259 g/mol. The molecule has 1 amide bonds. The zero-order chi connectivity index (χ0) is 14.0. The van der Waals surface area contributed by atoms with Gasteiger partial charge in [0.2, 0.25) is 0 Å². The summed E-state index contributed by atoms with van der Waals surface area (Å²) < 4.78 is 5.15. The van der Waals surface area contributed by atoms with Crippen molar-refractivity contribution in [1.29, 1.82) is 0 Å². The second-order valence-corrected chi connectivity index (χ2v) is 4.85. The number of rotatable bonds is 3. The van der Waals surface area contributed by atoms with Crippen LogP contribution in [0.1, 0.15) is 13.8 Å². The Hall–Kier alpha value is -2.07. The fourth-order valence-electron chi connectivity index (χ4n) is 1.77. The normalized spacial score (nSPS) is 11.5. The zero-order valence-corrected chi connectivity index (χ0v) is 11.2. The highest BCUT2D eigenvalue weighted by atomic mass is 16.5. The van der Waals surface area contributed by atoms with E-state index in [1.807, 2.05) is 12.1 Å². The third-order valence-electron chi connectivity index (χ3n) is 3.20. The number of benzene rings is 2. The molecule has 100 valence electrons. The van der Waals surface area contributed by atoms with Crippen LogP contribution >= 0.6 is 0 Å². The highest BCUT2D eigenvalue weighted by Gasteiger charge is 2.27. The summed E-state index contributed by atoms with van der Waals surface area (Å²) in [5, 5.41) is 14.1. The lowest BCUT2D eigenvalue weighted by atomic mass is 10.1. The van der Waals surface area contributed by atoms with E-state index in [-0.39, 0.29) is 11.7 Å². The van der Waals surface area contributed by atoms with Gasteiger partial charge in [-0.25, -0.2) is 0 Å². The number of phenols is 1. The predicted octanol–water partition coefficient (Wildman–Crippen LogP) is 2.91. The van der Waals surface area contributed by atoms with Crippen LogP contribution < -0.4 is 5.32 Å². The molecule has 0 aliphatic rings. The molecule has 0 saturated carbocycles. The van der Waals surface area contributed by atoms with Gasteiger partial charge in [-0.05, 0) is 26.0 Å². The van der Waals surface area contributed by atoms with Crippen molar-refractivity contribution in [2.45, 2.75) is 19.4 Å². The average molecular weight is 259 g/mol. The molecule has 4 nitrogen and oxygen atoms in total. The van der Waals surface area contributed by atoms with Gasteiger partial charge in [-0.2, -0.15) is 0 Å². The molecule has 19 heavy (non-hydrogen) atoms. The summed E-state index contributed by atoms with van der Waals surface area (Å²) in [7, 11) is 1.49. The van der Waals surface area contributed by atoms with Crippen LogP contribution in [0.5, 0.6) is 5.75 Å². The molecule has 2 rings (SSSR count). The smallest absolute Gasteiger partial charge is 0.256 e. The van der Waals surface area contributed by atoms with Crippen LogP contribution in [0.25, 0.3) is 10.8 Å². The van der Waals surface area contributed by atoms with Crippen LogP contribution in [-0.4, -0.2) is 23.7 Å².